The molecule has 28 heavy (non-hydrogen) atoms. The maximum Gasteiger partial charge on any atom is 0.407 e. The van der Waals surface area contributed by atoms with Crippen molar-refractivity contribution in [2.75, 3.05) is 13.2 Å². The first kappa shape index (κ1) is 21.9. The molecule has 0 radical (unpaired) electrons. The molecule has 1 aliphatic heterocycles. The van der Waals surface area contributed by atoms with E-state index in [0.29, 0.717) is 13.2 Å². The van der Waals surface area contributed by atoms with Gasteiger partial charge in [0.05, 0.1) is 6.54 Å². The third kappa shape index (κ3) is 10.7. The molecule has 6 heteroatoms. The molecule has 0 bridgehead atoms. The van der Waals surface area contributed by atoms with Crippen LogP contribution in [-0.4, -0.2) is 34.2 Å². The number of benzene rings is 1. The molecule has 6 nitrogen and oxygen atoms in total. The molecule has 1 aromatic carbocycles. The average molecular weight is 372 g/mol. The van der Waals surface area contributed by atoms with Crippen LogP contribution in [0.15, 0.2) is 79.6 Å². The van der Waals surface area contributed by atoms with E-state index < -0.39 is 0 Å². The SMILES string of the molecule is C#C.C(#Cc1cccnc1)c1ccccc1.O=C1NCCO1.c1cnccn1. The van der Waals surface area contributed by atoms with Gasteiger partial charge in [-0.2, -0.15) is 0 Å². The highest BCUT2D eigenvalue weighted by atomic mass is 16.6. The van der Waals surface area contributed by atoms with E-state index in [9.17, 15) is 4.79 Å². The van der Waals surface area contributed by atoms with E-state index in [1.807, 2.05) is 42.5 Å². The Morgan fingerprint density at radius 1 is 0.821 bits per heavy atom. The summed E-state index contributed by atoms with van der Waals surface area (Å²) in [6.45, 7) is 1.19. The van der Waals surface area contributed by atoms with Gasteiger partial charge in [0, 0.05) is 48.3 Å². The van der Waals surface area contributed by atoms with Crippen LogP contribution in [0.2, 0.25) is 0 Å². The molecular weight excluding hydrogens is 352 g/mol. The molecule has 1 N–H and O–H groups in total. The largest absolute Gasteiger partial charge is 0.448 e. The molecule has 4 rings (SSSR count). The lowest BCUT2D eigenvalue weighted by molar-refractivity contribution is 0.178. The molecule has 2 aromatic heterocycles. The number of terminal acetylenes is 1. The molecule has 0 unspecified atom stereocenters. The number of carbonyl (C=O) groups excluding carboxylic acids is 1. The van der Waals surface area contributed by atoms with E-state index in [2.05, 4.69) is 49.7 Å². The monoisotopic (exact) mass is 372 g/mol. The van der Waals surface area contributed by atoms with Crippen molar-refractivity contribution in [3.63, 3.8) is 0 Å². The molecular formula is C22H20N4O2. The first-order valence-electron chi connectivity index (χ1n) is 8.25. The minimum Gasteiger partial charge on any atom is -0.448 e. The van der Waals surface area contributed by atoms with Crippen molar-refractivity contribution in [1.29, 1.82) is 0 Å². The number of aromatic nitrogens is 3. The predicted octanol–water partition coefficient (Wildman–Crippen LogP) is 2.93. The lowest BCUT2D eigenvalue weighted by Gasteiger charge is -1.87. The van der Waals surface area contributed by atoms with E-state index in [1.165, 1.54) is 0 Å². The third-order valence-corrected chi connectivity index (χ3v) is 2.87. The maximum atomic E-state index is 9.91. The zero-order valence-electron chi connectivity index (χ0n) is 15.2. The lowest BCUT2D eigenvalue weighted by Crippen LogP contribution is -2.11. The topological polar surface area (TPSA) is 77.0 Å². The molecule has 0 spiro atoms. The van der Waals surface area contributed by atoms with Crippen molar-refractivity contribution in [2.45, 2.75) is 0 Å². The standard InChI is InChI=1S/C13H9N.C4H4N2.C3H5NO2.C2H2/c1-2-5-12(6-3-1)8-9-13-7-4-10-14-11-13;1-2-6-4-3-5-1;5-3-4-1-2-6-3;1-2/h1-7,10-11H;1-4H;1-2H2,(H,4,5);1-2H. The van der Waals surface area contributed by atoms with Gasteiger partial charge < -0.3 is 10.1 Å². The lowest BCUT2D eigenvalue weighted by atomic mass is 10.2. The number of ether oxygens (including phenoxy) is 1. The summed E-state index contributed by atoms with van der Waals surface area (Å²) in [5.41, 5.74) is 1.97. The number of amides is 1. The highest BCUT2D eigenvalue weighted by Gasteiger charge is 2.06. The first-order valence-corrected chi connectivity index (χ1v) is 8.25. The molecule has 0 atom stereocenters. The maximum absolute atomic E-state index is 9.91. The van der Waals surface area contributed by atoms with Crippen LogP contribution in [0.25, 0.3) is 0 Å². The van der Waals surface area contributed by atoms with Crippen molar-refractivity contribution in [3.8, 4) is 24.7 Å². The van der Waals surface area contributed by atoms with Gasteiger partial charge in [-0.1, -0.05) is 30.0 Å². The molecule has 1 fully saturated rings. The van der Waals surface area contributed by atoms with Crippen LogP contribution in [0.3, 0.4) is 0 Å². The number of pyridine rings is 1. The van der Waals surface area contributed by atoms with Crippen molar-refractivity contribution in [1.82, 2.24) is 20.3 Å². The molecule has 140 valence electrons. The fourth-order valence-electron chi connectivity index (χ4n) is 1.70. The minimum atomic E-state index is -0.296. The Morgan fingerprint density at radius 2 is 1.43 bits per heavy atom. The Labute approximate surface area is 165 Å². The molecule has 0 aliphatic carbocycles. The summed E-state index contributed by atoms with van der Waals surface area (Å²) < 4.78 is 4.40. The summed E-state index contributed by atoms with van der Waals surface area (Å²) in [6, 6.07) is 13.8. The number of alkyl carbamates (subject to hydrolysis) is 1. The number of hydrogen-bond donors (Lipinski definition) is 1. The summed E-state index contributed by atoms with van der Waals surface area (Å²) >= 11 is 0. The van der Waals surface area contributed by atoms with Crippen LogP contribution in [0.4, 0.5) is 4.79 Å². The fraction of sp³-hybridized carbons (Fsp3) is 0.0909. The van der Waals surface area contributed by atoms with Crippen LogP contribution >= 0.6 is 0 Å². The quantitative estimate of drug-likeness (QED) is 0.614. The van der Waals surface area contributed by atoms with Crippen LogP contribution < -0.4 is 5.32 Å². The molecule has 3 aromatic rings. The number of nitrogens with one attached hydrogen (secondary N) is 1. The van der Waals surface area contributed by atoms with Gasteiger partial charge in [0.2, 0.25) is 0 Å². The summed E-state index contributed by atoms with van der Waals surface area (Å²) in [5, 5.41) is 2.46. The first-order chi connectivity index (χ1) is 13.8. The zero-order chi connectivity index (χ0) is 20.3. The summed E-state index contributed by atoms with van der Waals surface area (Å²) in [7, 11) is 0. The fourth-order valence-corrected chi connectivity index (χ4v) is 1.70. The number of rotatable bonds is 0. The van der Waals surface area contributed by atoms with E-state index in [0.717, 1.165) is 11.1 Å². The van der Waals surface area contributed by atoms with Gasteiger partial charge in [-0.15, -0.1) is 12.8 Å². The highest BCUT2D eigenvalue weighted by Crippen LogP contribution is 1.97. The Balaban J connectivity index is 0.000000232. The van der Waals surface area contributed by atoms with E-state index in [1.54, 1.807) is 37.2 Å². The predicted molar refractivity (Wildman–Crippen MR) is 108 cm³/mol. The van der Waals surface area contributed by atoms with Gasteiger partial charge in [-0.05, 0) is 24.3 Å². The zero-order valence-corrected chi connectivity index (χ0v) is 15.2. The van der Waals surface area contributed by atoms with Crippen LogP contribution in [-0.2, 0) is 4.74 Å². The van der Waals surface area contributed by atoms with Crippen molar-refractivity contribution < 1.29 is 9.53 Å². The third-order valence-electron chi connectivity index (χ3n) is 2.87. The Kier molecular flexibility index (Phi) is 11.8. The Hall–Kier alpha value is -4.16. The van der Waals surface area contributed by atoms with E-state index in [-0.39, 0.29) is 6.09 Å². The second-order valence-corrected chi connectivity index (χ2v) is 4.81. The highest BCUT2D eigenvalue weighted by molar-refractivity contribution is 5.68. The molecule has 1 aliphatic rings. The van der Waals surface area contributed by atoms with Crippen molar-refractivity contribution in [3.05, 3.63) is 90.8 Å². The van der Waals surface area contributed by atoms with Crippen molar-refractivity contribution in [2.24, 2.45) is 0 Å². The molecule has 0 saturated carbocycles. The molecule has 1 saturated heterocycles. The average Bonchev–Trinajstić information content (AvgIpc) is 3.28. The number of cyclic esters (lactones) is 1. The van der Waals surface area contributed by atoms with Crippen molar-refractivity contribution >= 4 is 6.09 Å². The van der Waals surface area contributed by atoms with Gasteiger partial charge in [0.25, 0.3) is 0 Å². The van der Waals surface area contributed by atoms with Gasteiger partial charge in [0.1, 0.15) is 6.61 Å². The van der Waals surface area contributed by atoms with Crippen LogP contribution in [0, 0.1) is 24.7 Å². The number of nitrogens with zero attached hydrogens (tertiary/aromatic N) is 3. The van der Waals surface area contributed by atoms with Gasteiger partial charge in [-0.3, -0.25) is 15.0 Å². The van der Waals surface area contributed by atoms with Crippen LogP contribution in [0.1, 0.15) is 11.1 Å². The van der Waals surface area contributed by atoms with Gasteiger partial charge in [0.15, 0.2) is 0 Å². The molecule has 1 amide bonds. The summed E-state index contributed by atoms with van der Waals surface area (Å²) in [5.74, 6) is 6.12. The van der Waals surface area contributed by atoms with Gasteiger partial charge >= 0.3 is 6.09 Å². The second-order valence-electron chi connectivity index (χ2n) is 4.81. The van der Waals surface area contributed by atoms with Gasteiger partial charge in [-0.25, -0.2) is 4.79 Å². The Bertz CT molecular complexity index is 780. The normalized spacial score (nSPS) is 10.4. The Morgan fingerprint density at radius 3 is 1.86 bits per heavy atom. The minimum absolute atomic E-state index is 0.296. The molecule has 3 heterocycles. The number of hydrogen-bond acceptors (Lipinski definition) is 5. The summed E-state index contributed by atoms with van der Waals surface area (Å²) in [4.78, 5) is 21.3. The van der Waals surface area contributed by atoms with E-state index >= 15 is 0 Å². The number of carbonyl (C=O) groups is 1. The summed E-state index contributed by atoms with van der Waals surface area (Å²) in [6.07, 6.45) is 17.8. The second kappa shape index (κ2) is 15.1. The van der Waals surface area contributed by atoms with Crippen LogP contribution in [0.5, 0.6) is 0 Å². The van der Waals surface area contributed by atoms with E-state index in [4.69, 9.17) is 0 Å². The smallest absolute Gasteiger partial charge is 0.407 e.